The van der Waals surface area contributed by atoms with Gasteiger partial charge >= 0.3 is 0 Å². The van der Waals surface area contributed by atoms with Gasteiger partial charge in [0, 0.05) is 12.1 Å². The molecule has 0 aliphatic rings. The largest absolute Gasteiger partial charge is 0.329 e. The number of hydrogen-bond donors (Lipinski definition) is 2. The molecule has 0 saturated carbocycles. The summed E-state index contributed by atoms with van der Waals surface area (Å²) in [4.78, 5) is 0. The summed E-state index contributed by atoms with van der Waals surface area (Å²) in [6.45, 7) is 5.87. The first-order valence-corrected chi connectivity index (χ1v) is 6.30. The third-order valence-electron chi connectivity index (χ3n) is 2.99. The average Bonchev–Trinajstić information content (AvgIpc) is 2.36. The fraction of sp³-hybridized carbons (Fsp3) is 0.467. The fourth-order valence-electron chi connectivity index (χ4n) is 1.88. The summed E-state index contributed by atoms with van der Waals surface area (Å²) < 4.78 is 0. The van der Waals surface area contributed by atoms with E-state index < -0.39 is 0 Å². The molecule has 94 valence electrons. The maximum atomic E-state index is 5.89. The number of nitrogens with two attached hydrogens (primary N) is 1. The van der Waals surface area contributed by atoms with Crippen molar-refractivity contribution in [2.75, 3.05) is 13.1 Å². The van der Waals surface area contributed by atoms with Crippen molar-refractivity contribution < 1.29 is 0 Å². The molecule has 1 aromatic carbocycles. The second-order valence-corrected chi connectivity index (χ2v) is 4.71. The predicted molar refractivity (Wildman–Crippen MR) is 75.0 cm³/mol. The minimum atomic E-state index is -0.0110. The first-order valence-electron chi connectivity index (χ1n) is 6.30. The lowest BCUT2D eigenvalue weighted by molar-refractivity contribution is 0.365. The Morgan fingerprint density at radius 3 is 2.59 bits per heavy atom. The molecule has 0 bridgehead atoms. The molecule has 0 aliphatic heterocycles. The van der Waals surface area contributed by atoms with Crippen molar-refractivity contribution in [1.29, 1.82) is 0 Å². The minimum absolute atomic E-state index is 0.0110. The van der Waals surface area contributed by atoms with Crippen LogP contribution in [0.25, 0.3) is 0 Å². The lowest BCUT2D eigenvalue weighted by Crippen LogP contribution is -2.50. The number of allylic oxidation sites excluding steroid dienone is 1. The first kappa shape index (κ1) is 13.9. The Hall–Kier alpha value is -1.12. The molecule has 0 amide bonds. The lowest BCUT2D eigenvalue weighted by atomic mass is 9.93. The molecule has 2 nitrogen and oxygen atoms in total. The van der Waals surface area contributed by atoms with Crippen LogP contribution in [0, 0.1) is 0 Å². The second-order valence-electron chi connectivity index (χ2n) is 4.71. The molecular weight excluding hydrogens is 208 g/mol. The van der Waals surface area contributed by atoms with E-state index in [0.717, 1.165) is 19.4 Å². The number of hydrogen-bond acceptors (Lipinski definition) is 2. The summed E-state index contributed by atoms with van der Waals surface area (Å²) >= 11 is 0. The summed E-state index contributed by atoms with van der Waals surface area (Å²) in [6.07, 6.45) is 6.28. The van der Waals surface area contributed by atoms with Crippen LogP contribution in [0.4, 0.5) is 0 Å². The van der Waals surface area contributed by atoms with Gasteiger partial charge in [-0.2, -0.15) is 0 Å². The highest BCUT2D eigenvalue weighted by atomic mass is 15.0. The number of rotatable bonds is 7. The van der Waals surface area contributed by atoms with Gasteiger partial charge in [0.05, 0.1) is 0 Å². The Labute approximate surface area is 105 Å². The Morgan fingerprint density at radius 2 is 2.00 bits per heavy atom. The molecule has 2 heteroatoms. The van der Waals surface area contributed by atoms with Crippen LogP contribution < -0.4 is 11.1 Å². The summed E-state index contributed by atoms with van der Waals surface area (Å²) in [7, 11) is 0. The normalized spacial score (nSPS) is 15.0. The molecule has 0 spiro atoms. The number of nitrogens with one attached hydrogen (secondary N) is 1. The topological polar surface area (TPSA) is 38.0 Å². The minimum Gasteiger partial charge on any atom is -0.329 e. The SMILES string of the molecule is C/C=C/CCNC(C)(CN)Cc1ccccc1. The molecule has 1 rings (SSSR count). The molecule has 0 aromatic heterocycles. The van der Waals surface area contributed by atoms with Gasteiger partial charge in [0.15, 0.2) is 0 Å². The maximum absolute atomic E-state index is 5.89. The maximum Gasteiger partial charge on any atom is 0.0316 e. The van der Waals surface area contributed by atoms with Gasteiger partial charge in [0.25, 0.3) is 0 Å². The van der Waals surface area contributed by atoms with Gasteiger partial charge < -0.3 is 11.1 Å². The van der Waals surface area contributed by atoms with E-state index in [9.17, 15) is 0 Å². The third-order valence-corrected chi connectivity index (χ3v) is 2.99. The zero-order valence-corrected chi connectivity index (χ0v) is 10.9. The predicted octanol–water partition coefficient (Wildman–Crippen LogP) is 2.50. The second kappa shape index (κ2) is 7.25. The summed E-state index contributed by atoms with van der Waals surface area (Å²) in [5, 5.41) is 3.55. The Kier molecular flexibility index (Phi) is 5.95. The van der Waals surface area contributed by atoms with Crippen LogP contribution in [0.2, 0.25) is 0 Å². The van der Waals surface area contributed by atoms with Crippen LogP contribution in [0.15, 0.2) is 42.5 Å². The third kappa shape index (κ3) is 5.16. The van der Waals surface area contributed by atoms with Crippen LogP contribution in [-0.4, -0.2) is 18.6 Å². The molecule has 1 unspecified atom stereocenters. The van der Waals surface area contributed by atoms with Gasteiger partial charge in [-0.05, 0) is 38.8 Å². The van der Waals surface area contributed by atoms with E-state index in [1.54, 1.807) is 0 Å². The van der Waals surface area contributed by atoms with Crippen LogP contribution >= 0.6 is 0 Å². The average molecular weight is 232 g/mol. The van der Waals surface area contributed by atoms with E-state index in [-0.39, 0.29) is 5.54 Å². The van der Waals surface area contributed by atoms with Crippen LogP contribution in [0.5, 0.6) is 0 Å². The van der Waals surface area contributed by atoms with Crippen molar-refractivity contribution in [2.45, 2.75) is 32.2 Å². The van der Waals surface area contributed by atoms with Gasteiger partial charge in [-0.3, -0.25) is 0 Å². The Morgan fingerprint density at radius 1 is 1.29 bits per heavy atom. The molecular formula is C15H24N2. The van der Waals surface area contributed by atoms with E-state index in [4.69, 9.17) is 5.73 Å². The van der Waals surface area contributed by atoms with Crippen LogP contribution in [0.1, 0.15) is 25.8 Å². The van der Waals surface area contributed by atoms with E-state index in [0.29, 0.717) is 6.54 Å². The molecule has 1 atom stereocenters. The Bertz CT molecular complexity index is 332. The smallest absolute Gasteiger partial charge is 0.0316 e. The van der Waals surface area contributed by atoms with Crippen LogP contribution in [0.3, 0.4) is 0 Å². The zero-order valence-electron chi connectivity index (χ0n) is 10.9. The zero-order chi connectivity index (χ0) is 12.6. The van der Waals surface area contributed by atoms with E-state index >= 15 is 0 Å². The number of benzene rings is 1. The molecule has 0 saturated heterocycles. The van der Waals surface area contributed by atoms with Crippen molar-refractivity contribution in [3.05, 3.63) is 48.0 Å². The molecule has 0 heterocycles. The monoisotopic (exact) mass is 232 g/mol. The quantitative estimate of drug-likeness (QED) is 0.560. The van der Waals surface area contributed by atoms with Crippen LogP contribution in [-0.2, 0) is 6.42 Å². The highest BCUT2D eigenvalue weighted by molar-refractivity contribution is 5.17. The van der Waals surface area contributed by atoms with Gasteiger partial charge in [0.1, 0.15) is 0 Å². The molecule has 1 aromatic rings. The highest BCUT2D eigenvalue weighted by Crippen LogP contribution is 2.12. The lowest BCUT2D eigenvalue weighted by Gasteiger charge is -2.29. The van der Waals surface area contributed by atoms with Gasteiger partial charge in [-0.25, -0.2) is 0 Å². The molecule has 3 N–H and O–H groups in total. The van der Waals surface area contributed by atoms with Gasteiger partial charge in [-0.1, -0.05) is 42.5 Å². The van der Waals surface area contributed by atoms with E-state index in [1.165, 1.54) is 5.56 Å². The molecule has 0 fully saturated rings. The van der Waals surface area contributed by atoms with Crippen molar-refractivity contribution in [1.82, 2.24) is 5.32 Å². The fourth-order valence-corrected chi connectivity index (χ4v) is 1.88. The first-order chi connectivity index (χ1) is 8.20. The molecule has 0 radical (unpaired) electrons. The van der Waals surface area contributed by atoms with E-state index in [1.807, 2.05) is 13.0 Å². The molecule has 17 heavy (non-hydrogen) atoms. The van der Waals surface area contributed by atoms with E-state index in [2.05, 4.69) is 48.7 Å². The Balaban J connectivity index is 2.50. The highest BCUT2D eigenvalue weighted by Gasteiger charge is 2.21. The summed E-state index contributed by atoms with van der Waals surface area (Å²) in [5.74, 6) is 0. The summed E-state index contributed by atoms with van der Waals surface area (Å²) in [6, 6.07) is 10.5. The van der Waals surface area contributed by atoms with Gasteiger partial charge in [-0.15, -0.1) is 0 Å². The molecule has 0 aliphatic carbocycles. The standard InChI is InChI=1S/C15H24N2/c1-3-4-8-11-17-15(2,13-16)12-14-9-6-5-7-10-14/h3-7,9-10,17H,8,11-13,16H2,1-2H3/b4-3+. The van der Waals surface area contributed by atoms with Gasteiger partial charge in [0.2, 0.25) is 0 Å². The van der Waals surface area contributed by atoms with Crippen molar-refractivity contribution in [3.8, 4) is 0 Å². The van der Waals surface area contributed by atoms with Crippen molar-refractivity contribution in [2.24, 2.45) is 5.73 Å². The van der Waals surface area contributed by atoms with Crippen molar-refractivity contribution >= 4 is 0 Å². The van der Waals surface area contributed by atoms with Crippen molar-refractivity contribution in [3.63, 3.8) is 0 Å². The summed E-state index contributed by atoms with van der Waals surface area (Å²) in [5.41, 5.74) is 7.21.